The van der Waals surface area contributed by atoms with Gasteiger partial charge in [-0.1, -0.05) is 34.1 Å². The summed E-state index contributed by atoms with van der Waals surface area (Å²) in [6.45, 7) is 12.7. The Balaban J connectivity index is 2.45. The quantitative estimate of drug-likeness (QED) is 0.765. The summed E-state index contributed by atoms with van der Waals surface area (Å²) in [7, 11) is 0. The van der Waals surface area contributed by atoms with E-state index >= 15 is 0 Å². The lowest BCUT2D eigenvalue weighted by atomic mass is 9.84. The van der Waals surface area contributed by atoms with Crippen molar-refractivity contribution in [3.63, 3.8) is 0 Å². The van der Waals surface area contributed by atoms with Gasteiger partial charge in [0, 0.05) is 18.6 Å². The van der Waals surface area contributed by atoms with Gasteiger partial charge in [0.1, 0.15) is 0 Å². The van der Waals surface area contributed by atoms with Gasteiger partial charge in [-0.05, 0) is 37.8 Å². The van der Waals surface area contributed by atoms with Crippen molar-refractivity contribution in [2.45, 2.75) is 65.5 Å². The van der Waals surface area contributed by atoms with Crippen LogP contribution in [0.1, 0.15) is 53.4 Å². The Kier molecular flexibility index (Phi) is 6.61. The molecule has 1 saturated heterocycles. The first-order valence-electron chi connectivity index (χ1n) is 7.57. The number of hydrogen-bond acceptors (Lipinski definition) is 3. The van der Waals surface area contributed by atoms with Crippen LogP contribution in [-0.4, -0.2) is 48.3 Å². The lowest BCUT2D eigenvalue weighted by Gasteiger charge is -2.38. The molecule has 1 heterocycles. The monoisotopic (exact) mass is 256 g/mol. The molecule has 0 bridgehead atoms. The number of hydrogen-bond donors (Lipinski definition) is 2. The maximum absolute atomic E-state index is 9.43. The van der Waals surface area contributed by atoms with Gasteiger partial charge >= 0.3 is 0 Å². The second-order valence-electron chi connectivity index (χ2n) is 6.63. The number of aliphatic hydroxyl groups excluding tert-OH is 1. The molecule has 2 N–H and O–H groups in total. The number of nitrogens with one attached hydrogen (secondary N) is 1. The fraction of sp³-hybridized carbons (Fsp3) is 1.00. The normalized spacial score (nSPS) is 24.2. The van der Waals surface area contributed by atoms with Gasteiger partial charge in [-0.2, -0.15) is 0 Å². The zero-order valence-electron chi connectivity index (χ0n) is 12.7. The molecule has 1 fully saturated rings. The molecule has 2 unspecified atom stereocenters. The molecule has 0 saturated carbocycles. The molecule has 0 aromatic carbocycles. The predicted octanol–water partition coefficient (Wildman–Crippen LogP) is 2.25. The molecule has 2 atom stereocenters. The number of aliphatic hydroxyl groups is 1. The Labute approximate surface area is 113 Å². The van der Waals surface area contributed by atoms with Crippen LogP contribution in [0.5, 0.6) is 0 Å². The van der Waals surface area contributed by atoms with Gasteiger partial charge in [-0.15, -0.1) is 0 Å². The molecule has 0 radical (unpaired) electrons. The molecular weight excluding hydrogens is 224 g/mol. The topological polar surface area (TPSA) is 35.5 Å². The molecule has 1 aliphatic heterocycles. The van der Waals surface area contributed by atoms with E-state index < -0.39 is 0 Å². The first-order chi connectivity index (χ1) is 8.49. The summed E-state index contributed by atoms with van der Waals surface area (Å²) in [5.41, 5.74) is 0.306. The van der Waals surface area contributed by atoms with Crippen LogP contribution in [0.3, 0.4) is 0 Å². The van der Waals surface area contributed by atoms with Crippen LogP contribution in [0.15, 0.2) is 0 Å². The standard InChI is InChI=1S/C15H32N2O/c1-5-16-14(15(2,3)4)9-11-17-10-7-6-8-13(17)12-18/h13-14,16,18H,5-12H2,1-4H3. The van der Waals surface area contributed by atoms with Gasteiger partial charge < -0.3 is 10.4 Å². The number of piperidine rings is 1. The number of likely N-dealkylation sites (tertiary alicyclic amines) is 1. The van der Waals surface area contributed by atoms with Gasteiger partial charge in [-0.25, -0.2) is 0 Å². The molecule has 1 rings (SSSR count). The third-order valence-electron chi connectivity index (χ3n) is 4.16. The maximum atomic E-state index is 9.43. The predicted molar refractivity (Wildman–Crippen MR) is 77.8 cm³/mol. The van der Waals surface area contributed by atoms with E-state index in [0.717, 1.165) is 26.1 Å². The van der Waals surface area contributed by atoms with E-state index in [0.29, 0.717) is 24.1 Å². The van der Waals surface area contributed by atoms with Crippen LogP contribution in [0, 0.1) is 5.41 Å². The van der Waals surface area contributed by atoms with E-state index in [4.69, 9.17) is 0 Å². The van der Waals surface area contributed by atoms with Crippen molar-refractivity contribution in [3.8, 4) is 0 Å². The van der Waals surface area contributed by atoms with E-state index in [9.17, 15) is 5.11 Å². The fourth-order valence-electron chi connectivity index (χ4n) is 2.94. The Morgan fingerprint density at radius 2 is 2.06 bits per heavy atom. The first-order valence-corrected chi connectivity index (χ1v) is 7.57. The molecule has 3 nitrogen and oxygen atoms in total. The second kappa shape index (κ2) is 7.46. The van der Waals surface area contributed by atoms with Crippen molar-refractivity contribution < 1.29 is 5.11 Å². The summed E-state index contributed by atoms with van der Waals surface area (Å²) in [6, 6.07) is 0.963. The third kappa shape index (κ3) is 4.87. The van der Waals surface area contributed by atoms with Crippen molar-refractivity contribution in [2.24, 2.45) is 5.41 Å². The molecule has 0 aromatic heterocycles. The van der Waals surface area contributed by atoms with Gasteiger partial charge in [0.05, 0.1) is 6.61 Å². The summed E-state index contributed by atoms with van der Waals surface area (Å²) in [5, 5.41) is 13.0. The van der Waals surface area contributed by atoms with Crippen LogP contribution >= 0.6 is 0 Å². The van der Waals surface area contributed by atoms with E-state index in [1.54, 1.807) is 0 Å². The average Bonchev–Trinajstić information content (AvgIpc) is 2.33. The largest absolute Gasteiger partial charge is 0.395 e. The Morgan fingerprint density at radius 3 is 2.61 bits per heavy atom. The Bertz CT molecular complexity index is 225. The van der Waals surface area contributed by atoms with E-state index in [2.05, 4.69) is 37.9 Å². The van der Waals surface area contributed by atoms with Gasteiger partial charge in [-0.3, -0.25) is 4.90 Å². The summed E-state index contributed by atoms with van der Waals surface area (Å²) in [5.74, 6) is 0. The fourth-order valence-corrected chi connectivity index (χ4v) is 2.94. The molecule has 3 heteroatoms. The SMILES string of the molecule is CCNC(CCN1CCCCC1CO)C(C)(C)C. The molecular formula is C15H32N2O. The molecule has 108 valence electrons. The molecule has 0 spiro atoms. The zero-order chi connectivity index (χ0) is 13.6. The lowest BCUT2D eigenvalue weighted by molar-refractivity contribution is 0.0811. The third-order valence-corrected chi connectivity index (χ3v) is 4.16. The molecule has 18 heavy (non-hydrogen) atoms. The molecule has 0 amide bonds. The number of nitrogens with zero attached hydrogens (tertiary/aromatic N) is 1. The number of rotatable bonds is 6. The highest BCUT2D eigenvalue weighted by atomic mass is 16.3. The van der Waals surface area contributed by atoms with Crippen molar-refractivity contribution in [2.75, 3.05) is 26.2 Å². The van der Waals surface area contributed by atoms with Gasteiger partial charge in [0.2, 0.25) is 0 Å². The van der Waals surface area contributed by atoms with Crippen molar-refractivity contribution in [1.29, 1.82) is 0 Å². The minimum absolute atomic E-state index is 0.306. The van der Waals surface area contributed by atoms with Crippen LogP contribution in [-0.2, 0) is 0 Å². The molecule has 0 aliphatic carbocycles. The minimum atomic E-state index is 0.306. The van der Waals surface area contributed by atoms with E-state index in [1.165, 1.54) is 19.3 Å². The highest BCUT2D eigenvalue weighted by Gasteiger charge is 2.26. The maximum Gasteiger partial charge on any atom is 0.0586 e. The van der Waals surface area contributed by atoms with Crippen LogP contribution < -0.4 is 5.32 Å². The summed E-state index contributed by atoms with van der Waals surface area (Å²) in [6.07, 6.45) is 4.90. The van der Waals surface area contributed by atoms with Gasteiger partial charge in [0.15, 0.2) is 0 Å². The minimum Gasteiger partial charge on any atom is -0.395 e. The summed E-state index contributed by atoms with van der Waals surface area (Å²) in [4.78, 5) is 2.49. The van der Waals surface area contributed by atoms with E-state index in [-0.39, 0.29) is 0 Å². The summed E-state index contributed by atoms with van der Waals surface area (Å²) < 4.78 is 0. The summed E-state index contributed by atoms with van der Waals surface area (Å²) >= 11 is 0. The Morgan fingerprint density at radius 1 is 1.33 bits per heavy atom. The molecule has 1 aliphatic rings. The van der Waals surface area contributed by atoms with Crippen molar-refractivity contribution >= 4 is 0 Å². The highest BCUT2D eigenvalue weighted by Crippen LogP contribution is 2.24. The molecule has 0 aromatic rings. The van der Waals surface area contributed by atoms with Crippen molar-refractivity contribution in [3.05, 3.63) is 0 Å². The highest BCUT2D eigenvalue weighted by molar-refractivity contribution is 4.83. The van der Waals surface area contributed by atoms with Gasteiger partial charge in [0.25, 0.3) is 0 Å². The smallest absolute Gasteiger partial charge is 0.0586 e. The Hall–Kier alpha value is -0.120. The van der Waals surface area contributed by atoms with Crippen LogP contribution in [0.4, 0.5) is 0 Å². The van der Waals surface area contributed by atoms with Crippen LogP contribution in [0.25, 0.3) is 0 Å². The second-order valence-corrected chi connectivity index (χ2v) is 6.63. The lowest BCUT2D eigenvalue weighted by Crippen LogP contribution is -2.47. The van der Waals surface area contributed by atoms with Crippen molar-refractivity contribution in [1.82, 2.24) is 10.2 Å². The van der Waals surface area contributed by atoms with Crippen LogP contribution in [0.2, 0.25) is 0 Å². The van der Waals surface area contributed by atoms with E-state index in [1.807, 2.05) is 0 Å². The average molecular weight is 256 g/mol. The zero-order valence-corrected chi connectivity index (χ0v) is 12.7. The first kappa shape index (κ1) is 15.9.